The molecule has 0 atom stereocenters. The Morgan fingerprint density at radius 3 is 0.605 bits per heavy atom. The summed E-state index contributed by atoms with van der Waals surface area (Å²) in [6, 6.07) is 131. The SMILES string of the molecule is c1ccc(-c2ccc(N(c3ccc(-c4ccc(N(c5ccccc5)c5ccccc5)cc4)cc3)c3ccc(-c4ccc(N(c5ccc(-c6ccc(N(c7ccccc7)c7ccccc7)cc6)cc5)c5cccc6ccccc56)cc4)cc3)cc2)cc1. The van der Waals surface area contributed by atoms with Gasteiger partial charge in [-0.25, -0.2) is 0 Å². The summed E-state index contributed by atoms with van der Waals surface area (Å²) in [6.07, 6.45) is 0. The summed E-state index contributed by atoms with van der Waals surface area (Å²) in [5.41, 5.74) is 22.4. The van der Waals surface area contributed by atoms with Gasteiger partial charge in [0.15, 0.2) is 0 Å². The van der Waals surface area contributed by atoms with E-state index in [1.807, 2.05) is 0 Å². The number of nitrogens with zero attached hydrogens (tertiary/aromatic N) is 4. The minimum Gasteiger partial charge on any atom is -0.311 e. The number of hydrogen-bond donors (Lipinski definition) is 0. The molecule has 0 bridgehead atoms. The molecule has 0 heterocycles. The van der Waals surface area contributed by atoms with Crippen LogP contribution in [0.3, 0.4) is 0 Å². The van der Waals surface area contributed by atoms with Crippen LogP contribution in [0.25, 0.3) is 55.3 Å². The highest BCUT2D eigenvalue weighted by Gasteiger charge is 2.19. The first-order valence-corrected chi connectivity index (χ1v) is 29.3. The fraction of sp³-hybridized carbons (Fsp3) is 0. The van der Waals surface area contributed by atoms with Gasteiger partial charge in [0.2, 0.25) is 0 Å². The van der Waals surface area contributed by atoms with Crippen LogP contribution in [0.4, 0.5) is 68.2 Å². The number of fused-ring (bicyclic) bond motifs is 1. The highest BCUT2D eigenvalue weighted by Crippen LogP contribution is 2.43. The second-order valence-corrected chi connectivity index (χ2v) is 21.4. The van der Waals surface area contributed by atoms with Gasteiger partial charge >= 0.3 is 0 Å². The van der Waals surface area contributed by atoms with E-state index in [-0.39, 0.29) is 0 Å². The quantitative estimate of drug-likeness (QED) is 0.0956. The Hall–Kier alpha value is -11.5. The summed E-state index contributed by atoms with van der Waals surface area (Å²) in [5.74, 6) is 0. The van der Waals surface area contributed by atoms with Crippen molar-refractivity contribution in [3.05, 3.63) is 364 Å². The van der Waals surface area contributed by atoms with Crippen molar-refractivity contribution in [3.63, 3.8) is 0 Å². The molecule has 14 aromatic carbocycles. The molecule has 0 N–H and O–H groups in total. The molecule has 4 nitrogen and oxygen atoms in total. The van der Waals surface area contributed by atoms with Crippen LogP contribution in [0.1, 0.15) is 0 Å². The first-order chi connectivity index (χ1) is 42.6. The Balaban J connectivity index is 0.749. The lowest BCUT2D eigenvalue weighted by molar-refractivity contribution is 1.28. The molecule has 14 rings (SSSR count). The molecule has 0 aliphatic carbocycles. The number of rotatable bonds is 16. The number of benzene rings is 14. The summed E-state index contributed by atoms with van der Waals surface area (Å²) in [5, 5.41) is 2.38. The Kier molecular flexibility index (Phi) is 14.8. The van der Waals surface area contributed by atoms with Crippen molar-refractivity contribution in [3.8, 4) is 44.5 Å². The Labute approximate surface area is 504 Å². The van der Waals surface area contributed by atoms with Gasteiger partial charge in [-0.15, -0.1) is 0 Å². The fourth-order valence-corrected chi connectivity index (χ4v) is 11.7. The molecule has 0 aromatic heterocycles. The third-order valence-electron chi connectivity index (χ3n) is 16.1. The minimum absolute atomic E-state index is 1.07. The van der Waals surface area contributed by atoms with E-state index in [1.54, 1.807) is 0 Å². The van der Waals surface area contributed by atoms with Crippen molar-refractivity contribution in [1.29, 1.82) is 0 Å². The molecule has 0 saturated heterocycles. The summed E-state index contributed by atoms with van der Waals surface area (Å²) in [4.78, 5) is 9.32. The average molecular weight is 1100 g/mol. The average Bonchev–Trinajstić information content (AvgIpc) is 2.50. The van der Waals surface area contributed by atoms with Crippen molar-refractivity contribution < 1.29 is 0 Å². The molecule has 14 aromatic rings. The largest absolute Gasteiger partial charge is 0.311 e. The van der Waals surface area contributed by atoms with Gasteiger partial charge in [-0.05, 0) is 189 Å². The topological polar surface area (TPSA) is 13.0 Å². The van der Waals surface area contributed by atoms with E-state index in [0.717, 1.165) is 102 Å². The minimum atomic E-state index is 1.07. The highest BCUT2D eigenvalue weighted by molar-refractivity contribution is 5.99. The molecule has 0 unspecified atom stereocenters. The van der Waals surface area contributed by atoms with Crippen LogP contribution in [-0.2, 0) is 0 Å². The standard InChI is InChI=1S/C82H60N4/c1-6-19-61(20-7-1)62-33-47-76(48-34-62)85(77-53-39-64(40-54-77)63-35-49-74(50-36-63)83(70-23-8-2-9-24-70)71-25-10-3-11-26-71)78-55-41-66(42-56-78)68-45-59-80(60-46-68)86(82-32-18-22-69-21-16-17-31-81(69)82)79-57-43-67(44-58-79)65-37-51-75(52-38-65)84(72-27-12-4-13-28-72)73-29-14-5-15-30-73/h1-60H. The van der Waals surface area contributed by atoms with Gasteiger partial charge in [-0.1, -0.05) is 224 Å². The van der Waals surface area contributed by atoms with Crippen LogP contribution in [0.2, 0.25) is 0 Å². The zero-order chi connectivity index (χ0) is 57.4. The van der Waals surface area contributed by atoms with Crippen molar-refractivity contribution in [2.75, 3.05) is 19.6 Å². The summed E-state index contributed by atoms with van der Waals surface area (Å²) >= 11 is 0. The van der Waals surface area contributed by atoms with Crippen molar-refractivity contribution in [1.82, 2.24) is 0 Å². The van der Waals surface area contributed by atoms with Crippen LogP contribution in [0, 0.1) is 0 Å². The Bertz CT molecular complexity index is 4400. The van der Waals surface area contributed by atoms with Gasteiger partial charge in [-0.3, -0.25) is 0 Å². The monoisotopic (exact) mass is 1100 g/mol. The lowest BCUT2D eigenvalue weighted by Crippen LogP contribution is -2.10. The maximum Gasteiger partial charge on any atom is 0.0540 e. The third kappa shape index (κ3) is 11.0. The van der Waals surface area contributed by atoms with Crippen LogP contribution >= 0.6 is 0 Å². The number of hydrogen-bond acceptors (Lipinski definition) is 4. The van der Waals surface area contributed by atoms with Crippen molar-refractivity contribution >= 4 is 79.0 Å². The second kappa shape index (κ2) is 24.2. The first-order valence-electron chi connectivity index (χ1n) is 29.3. The zero-order valence-corrected chi connectivity index (χ0v) is 47.4. The van der Waals surface area contributed by atoms with Crippen molar-refractivity contribution in [2.45, 2.75) is 0 Å². The van der Waals surface area contributed by atoms with Gasteiger partial charge in [-0.2, -0.15) is 0 Å². The first kappa shape index (κ1) is 52.6. The van der Waals surface area contributed by atoms with E-state index < -0.39 is 0 Å². The van der Waals surface area contributed by atoms with Gasteiger partial charge in [0.05, 0.1) is 5.69 Å². The molecule has 86 heavy (non-hydrogen) atoms. The fourth-order valence-electron chi connectivity index (χ4n) is 11.7. The van der Waals surface area contributed by atoms with Crippen molar-refractivity contribution in [2.24, 2.45) is 0 Å². The number of para-hydroxylation sites is 4. The third-order valence-corrected chi connectivity index (χ3v) is 16.1. The summed E-state index contributed by atoms with van der Waals surface area (Å²) < 4.78 is 0. The summed E-state index contributed by atoms with van der Waals surface area (Å²) in [7, 11) is 0. The zero-order valence-electron chi connectivity index (χ0n) is 47.4. The van der Waals surface area contributed by atoms with Crippen LogP contribution < -0.4 is 19.6 Å². The lowest BCUT2D eigenvalue weighted by Gasteiger charge is -2.27. The maximum absolute atomic E-state index is 2.38. The lowest BCUT2D eigenvalue weighted by atomic mass is 10.0. The van der Waals surface area contributed by atoms with E-state index in [4.69, 9.17) is 0 Å². The van der Waals surface area contributed by atoms with Gasteiger partial charge in [0, 0.05) is 67.9 Å². The molecule has 0 fully saturated rings. The normalized spacial score (nSPS) is 11.0. The predicted octanol–water partition coefficient (Wildman–Crippen LogP) is 23.4. The smallest absolute Gasteiger partial charge is 0.0540 e. The molecule has 0 amide bonds. The Morgan fingerprint density at radius 1 is 0.128 bits per heavy atom. The highest BCUT2D eigenvalue weighted by atomic mass is 15.2. The number of anilines is 12. The van der Waals surface area contributed by atoms with Crippen LogP contribution in [0.5, 0.6) is 0 Å². The van der Waals surface area contributed by atoms with Crippen LogP contribution in [0.15, 0.2) is 364 Å². The molecule has 408 valence electrons. The Morgan fingerprint density at radius 2 is 0.326 bits per heavy atom. The van der Waals surface area contributed by atoms with E-state index in [1.165, 1.54) is 21.9 Å². The van der Waals surface area contributed by atoms with Gasteiger partial charge < -0.3 is 19.6 Å². The molecule has 4 heteroatoms. The molecular formula is C82H60N4. The van der Waals surface area contributed by atoms with E-state index in [0.29, 0.717) is 0 Å². The molecule has 0 aliphatic heterocycles. The molecule has 0 radical (unpaired) electrons. The van der Waals surface area contributed by atoms with E-state index in [2.05, 4.69) is 384 Å². The van der Waals surface area contributed by atoms with Crippen LogP contribution in [-0.4, -0.2) is 0 Å². The molecule has 0 spiro atoms. The molecule has 0 aliphatic rings. The van der Waals surface area contributed by atoms with E-state index in [9.17, 15) is 0 Å². The molecular weight excluding hydrogens is 1040 g/mol. The molecule has 0 saturated carbocycles. The van der Waals surface area contributed by atoms with E-state index >= 15 is 0 Å². The summed E-state index contributed by atoms with van der Waals surface area (Å²) in [6.45, 7) is 0. The van der Waals surface area contributed by atoms with Gasteiger partial charge in [0.25, 0.3) is 0 Å². The predicted molar refractivity (Wildman–Crippen MR) is 364 cm³/mol. The second-order valence-electron chi connectivity index (χ2n) is 21.4. The maximum atomic E-state index is 2.38. The van der Waals surface area contributed by atoms with Gasteiger partial charge in [0.1, 0.15) is 0 Å².